The van der Waals surface area contributed by atoms with Crippen molar-refractivity contribution in [1.29, 1.82) is 0 Å². The molecular formula is C21H26N4O3S. The molecule has 0 unspecified atom stereocenters. The molecule has 0 radical (unpaired) electrons. The van der Waals surface area contributed by atoms with E-state index in [0.717, 1.165) is 35.3 Å². The average molecular weight is 415 g/mol. The molecule has 0 spiro atoms. The summed E-state index contributed by atoms with van der Waals surface area (Å²) in [4.78, 5) is 16.8. The Morgan fingerprint density at radius 2 is 1.86 bits per heavy atom. The molecule has 7 nitrogen and oxygen atoms in total. The molecule has 1 N–H and O–H groups in total. The number of imidazole rings is 1. The first-order valence-electron chi connectivity index (χ1n) is 9.62. The van der Waals surface area contributed by atoms with Gasteiger partial charge in [-0.1, -0.05) is 6.92 Å². The fourth-order valence-electron chi connectivity index (χ4n) is 3.77. The number of hydrogen-bond donors (Lipinski definition) is 1. The van der Waals surface area contributed by atoms with Crippen molar-refractivity contribution >= 4 is 26.7 Å². The second-order valence-corrected chi connectivity index (χ2v) is 10.4. The molecule has 0 saturated heterocycles. The van der Waals surface area contributed by atoms with Gasteiger partial charge in [-0.15, -0.1) is 0 Å². The fourth-order valence-corrected chi connectivity index (χ4v) is 4.33. The van der Waals surface area contributed by atoms with Gasteiger partial charge in [0.2, 0.25) is 10.0 Å². The summed E-state index contributed by atoms with van der Waals surface area (Å²) in [7, 11) is -1.75. The summed E-state index contributed by atoms with van der Waals surface area (Å²) < 4.78 is 30.3. The Kier molecular flexibility index (Phi) is 4.38. The number of benzene rings is 1. The van der Waals surface area contributed by atoms with E-state index in [2.05, 4.69) is 21.2 Å². The van der Waals surface area contributed by atoms with Crippen LogP contribution in [0.4, 0.5) is 5.69 Å². The first-order chi connectivity index (χ1) is 13.5. The predicted molar refractivity (Wildman–Crippen MR) is 116 cm³/mol. The van der Waals surface area contributed by atoms with E-state index < -0.39 is 10.0 Å². The Morgan fingerprint density at radius 1 is 1.17 bits per heavy atom. The highest BCUT2D eigenvalue weighted by atomic mass is 32.2. The van der Waals surface area contributed by atoms with Crippen LogP contribution in [-0.4, -0.2) is 28.8 Å². The molecular weight excluding hydrogens is 388 g/mol. The third kappa shape index (κ3) is 3.81. The Labute approximate surface area is 170 Å². The van der Waals surface area contributed by atoms with E-state index in [1.165, 1.54) is 12.8 Å². The number of fused-ring (bicyclic) bond motifs is 1. The van der Waals surface area contributed by atoms with Crippen molar-refractivity contribution in [2.45, 2.75) is 40.2 Å². The smallest absolute Gasteiger partial charge is 0.253 e. The highest BCUT2D eigenvalue weighted by Crippen LogP contribution is 2.47. The predicted octanol–water partition coefficient (Wildman–Crippen LogP) is 3.19. The lowest BCUT2D eigenvalue weighted by Crippen LogP contribution is -2.18. The molecule has 0 aliphatic heterocycles. The van der Waals surface area contributed by atoms with Gasteiger partial charge in [0.1, 0.15) is 11.3 Å². The molecule has 29 heavy (non-hydrogen) atoms. The molecule has 1 aromatic carbocycles. The van der Waals surface area contributed by atoms with Crippen molar-refractivity contribution in [3.8, 4) is 11.1 Å². The van der Waals surface area contributed by atoms with Crippen molar-refractivity contribution in [1.82, 2.24) is 14.1 Å². The maximum Gasteiger partial charge on any atom is 0.253 e. The van der Waals surface area contributed by atoms with Crippen LogP contribution in [-0.2, 0) is 23.6 Å². The highest BCUT2D eigenvalue weighted by molar-refractivity contribution is 7.92. The lowest BCUT2D eigenvalue weighted by atomic mass is 10.0. The summed E-state index contributed by atoms with van der Waals surface area (Å²) >= 11 is 0. The van der Waals surface area contributed by atoms with Crippen LogP contribution in [0.3, 0.4) is 0 Å². The highest BCUT2D eigenvalue weighted by Gasteiger charge is 2.38. The second-order valence-electron chi connectivity index (χ2n) is 8.65. The molecule has 1 fully saturated rings. The van der Waals surface area contributed by atoms with E-state index >= 15 is 0 Å². The number of anilines is 1. The number of nitrogens with zero attached hydrogens (tertiary/aromatic N) is 3. The molecule has 1 aliphatic carbocycles. The molecule has 3 aromatic rings. The van der Waals surface area contributed by atoms with Gasteiger partial charge >= 0.3 is 0 Å². The number of rotatable bonds is 5. The van der Waals surface area contributed by atoms with Crippen LogP contribution >= 0.6 is 0 Å². The Hall–Kier alpha value is -2.61. The topological polar surface area (TPSA) is 86.0 Å². The molecule has 4 rings (SSSR count). The van der Waals surface area contributed by atoms with E-state index in [4.69, 9.17) is 0 Å². The molecule has 0 amide bonds. The molecule has 1 saturated carbocycles. The summed E-state index contributed by atoms with van der Waals surface area (Å²) in [5.41, 5.74) is 4.54. The number of nitrogens with one attached hydrogen (secondary N) is 1. The van der Waals surface area contributed by atoms with E-state index in [0.29, 0.717) is 16.8 Å². The van der Waals surface area contributed by atoms with Gasteiger partial charge in [0.25, 0.3) is 5.56 Å². The number of aromatic nitrogens is 3. The minimum atomic E-state index is -3.47. The number of hydrogen-bond acceptors (Lipinski definition) is 4. The van der Waals surface area contributed by atoms with Gasteiger partial charge in [0.15, 0.2) is 0 Å². The van der Waals surface area contributed by atoms with Gasteiger partial charge < -0.3 is 9.13 Å². The molecule has 1 aliphatic rings. The van der Waals surface area contributed by atoms with Gasteiger partial charge in [-0.2, -0.15) is 0 Å². The van der Waals surface area contributed by atoms with Crippen LogP contribution in [0.1, 0.15) is 31.2 Å². The first kappa shape index (κ1) is 19.7. The minimum absolute atomic E-state index is 0.0492. The van der Waals surface area contributed by atoms with Crippen LogP contribution in [0.25, 0.3) is 22.2 Å². The SMILES string of the molecule is Cc1cc(-c2cc(NS(C)(=O)=O)c3nc(C)n(CC4(C)CC4)c3c2)cn(C)c1=O. The molecule has 2 heterocycles. The summed E-state index contributed by atoms with van der Waals surface area (Å²) in [5, 5.41) is 0. The Balaban J connectivity index is 1.97. The standard InChI is InChI=1S/C21H26N4O3S/c1-13-8-16(11-24(4)20(13)26)15-9-17(23-29(5,27)28)19-18(10-15)25(14(2)22-19)12-21(3)6-7-21/h8-11,23H,6-7,12H2,1-5H3. The van der Waals surface area contributed by atoms with Crippen molar-refractivity contribution < 1.29 is 8.42 Å². The summed E-state index contributed by atoms with van der Waals surface area (Å²) in [6, 6.07) is 5.66. The van der Waals surface area contributed by atoms with Crippen molar-refractivity contribution in [2.75, 3.05) is 11.0 Å². The van der Waals surface area contributed by atoms with E-state index in [-0.39, 0.29) is 11.0 Å². The van der Waals surface area contributed by atoms with Crippen molar-refractivity contribution in [3.05, 3.63) is 46.1 Å². The monoisotopic (exact) mass is 414 g/mol. The number of aryl methyl sites for hydroxylation is 3. The first-order valence-corrected chi connectivity index (χ1v) is 11.5. The summed E-state index contributed by atoms with van der Waals surface area (Å²) in [5.74, 6) is 0.860. The zero-order chi connectivity index (χ0) is 21.1. The fraction of sp³-hybridized carbons (Fsp3) is 0.429. The van der Waals surface area contributed by atoms with Crippen LogP contribution in [0.5, 0.6) is 0 Å². The van der Waals surface area contributed by atoms with Gasteiger partial charge in [-0.3, -0.25) is 9.52 Å². The number of pyridine rings is 1. The van der Waals surface area contributed by atoms with E-state index in [1.807, 2.05) is 19.1 Å². The maximum absolute atomic E-state index is 12.1. The van der Waals surface area contributed by atoms with Crippen molar-refractivity contribution in [3.63, 3.8) is 0 Å². The largest absolute Gasteiger partial charge is 0.328 e. The summed E-state index contributed by atoms with van der Waals surface area (Å²) in [6.07, 6.45) is 5.27. The third-order valence-corrected chi connectivity index (χ3v) is 6.27. The summed E-state index contributed by atoms with van der Waals surface area (Å²) in [6.45, 7) is 6.84. The molecule has 2 aromatic heterocycles. The van der Waals surface area contributed by atoms with E-state index in [1.54, 1.807) is 30.8 Å². The molecule has 0 bridgehead atoms. The third-order valence-electron chi connectivity index (χ3n) is 5.68. The van der Waals surface area contributed by atoms with Crippen LogP contribution in [0.15, 0.2) is 29.2 Å². The molecule has 154 valence electrons. The number of sulfonamides is 1. The van der Waals surface area contributed by atoms with Crippen molar-refractivity contribution in [2.24, 2.45) is 12.5 Å². The molecule has 8 heteroatoms. The van der Waals surface area contributed by atoms with E-state index in [9.17, 15) is 13.2 Å². The molecule has 0 atom stereocenters. The van der Waals surface area contributed by atoms with Crippen LogP contribution in [0.2, 0.25) is 0 Å². The lowest BCUT2D eigenvalue weighted by Gasteiger charge is -2.14. The van der Waals surface area contributed by atoms with Gasteiger partial charge in [0.05, 0.1) is 17.5 Å². The Bertz CT molecular complexity index is 1270. The zero-order valence-electron chi connectivity index (χ0n) is 17.4. The normalized spacial score (nSPS) is 15.6. The second kappa shape index (κ2) is 6.45. The maximum atomic E-state index is 12.1. The van der Waals surface area contributed by atoms with Crippen LogP contribution < -0.4 is 10.3 Å². The zero-order valence-corrected chi connectivity index (χ0v) is 18.2. The average Bonchev–Trinajstić information content (AvgIpc) is 3.26. The minimum Gasteiger partial charge on any atom is -0.328 e. The van der Waals surface area contributed by atoms with Gasteiger partial charge in [-0.25, -0.2) is 13.4 Å². The van der Waals surface area contributed by atoms with Gasteiger partial charge in [-0.05, 0) is 61.4 Å². The lowest BCUT2D eigenvalue weighted by molar-refractivity contribution is 0.466. The van der Waals surface area contributed by atoms with Gasteiger partial charge in [0, 0.05) is 25.4 Å². The quantitative estimate of drug-likeness (QED) is 0.695. The van der Waals surface area contributed by atoms with Crippen LogP contribution in [0, 0.1) is 19.3 Å². The Morgan fingerprint density at radius 3 is 2.45 bits per heavy atom.